The van der Waals surface area contributed by atoms with E-state index in [0.29, 0.717) is 59.1 Å². The highest BCUT2D eigenvalue weighted by Crippen LogP contribution is 2.54. The number of allylic oxidation sites excluding steroid dienone is 4. The summed E-state index contributed by atoms with van der Waals surface area (Å²) < 4.78 is 12.9. The second kappa shape index (κ2) is 9.76. The molecule has 4 nitrogen and oxygen atoms in total. The van der Waals surface area contributed by atoms with E-state index >= 15 is 0 Å². The Kier molecular flexibility index (Phi) is 7.26. The lowest BCUT2D eigenvalue weighted by atomic mass is 9.65. The smallest absolute Gasteiger partial charge is 0.163 e. The Bertz CT molecular complexity index is 1040. The first-order valence-electron chi connectivity index (χ1n) is 13.1. The highest BCUT2D eigenvalue weighted by molar-refractivity contribution is 6.30. The van der Waals surface area contributed by atoms with E-state index in [1.54, 1.807) is 0 Å². The number of ether oxygens (including phenoxy) is 2. The maximum Gasteiger partial charge on any atom is 0.163 e. The minimum absolute atomic E-state index is 0.0187. The maximum atomic E-state index is 13.6. The van der Waals surface area contributed by atoms with Crippen molar-refractivity contribution in [1.82, 2.24) is 0 Å². The molecule has 0 radical (unpaired) electrons. The van der Waals surface area contributed by atoms with Crippen molar-refractivity contribution >= 4 is 23.2 Å². The van der Waals surface area contributed by atoms with Crippen molar-refractivity contribution in [2.45, 2.75) is 105 Å². The van der Waals surface area contributed by atoms with Crippen LogP contribution in [0.1, 0.15) is 104 Å². The highest BCUT2D eigenvalue weighted by atomic mass is 35.5. The normalized spacial score (nSPS) is 22.5. The number of carbonyl (C=O) groups excluding carboxylic acids is 2. The van der Waals surface area contributed by atoms with Crippen molar-refractivity contribution in [2.75, 3.05) is 0 Å². The van der Waals surface area contributed by atoms with Crippen LogP contribution < -0.4 is 4.74 Å². The third kappa shape index (κ3) is 5.53. The Hall–Kier alpha value is -2.07. The van der Waals surface area contributed by atoms with Crippen molar-refractivity contribution in [2.24, 2.45) is 10.8 Å². The predicted molar refractivity (Wildman–Crippen MR) is 140 cm³/mol. The first-order chi connectivity index (χ1) is 16.4. The first-order valence-corrected chi connectivity index (χ1v) is 13.4. The van der Waals surface area contributed by atoms with Gasteiger partial charge in [-0.15, -0.1) is 0 Å². The lowest BCUT2D eigenvalue weighted by molar-refractivity contribution is -0.120. The van der Waals surface area contributed by atoms with E-state index in [-0.39, 0.29) is 28.5 Å². The van der Waals surface area contributed by atoms with Crippen molar-refractivity contribution in [3.05, 3.63) is 51.4 Å². The molecule has 2 aliphatic carbocycles. The molecule has 3 aliphatic rings. The molecule has 0 spiro atoms. The van der Waals surface area contributed by atoms with Gasteiger partial charge < -0.3 is 9.47 Å². The van der Waals surface area contributed by atoms with Gasteiger partial charge in [-0.05, 0) is 48.8 Å². The van der Waals surface area contributed by atoms with Gasteiger partial charge in [0.1, 0.15) is 17.3 Å². The molecule has 1 atom stereocenters. The number of rotatable bonds is 7. The van der Waals surface area contributed by atoms with Crippen LogP contribution in [0.3, 0.4) is 0 Å². The second-order valence-electron chi connectivity index (χ2n) is 12.2. The summed E-state index contributed by atoms with van der Waals surface area (Å²) in [5.41, 5.74) is 1.65. The summed E-state index contributed by atoms with van der Waals surface area (Å²) in [5.74, 6) is 1.71. The molecule has 0 amide bonds. The van der Waals surface area contributed by atoms with Crippen LogP contribution in [0.4, 0.5) is 0 Å². The van der Waals surface area contributed by atoms with Gasteiger partial charge in [-0.2, -0.15) is 0 Å². The Morgan fingerprint density at radius 1 is 0.971 bits per heavy atom. The molecule has 1 aromatic rings. The maximum absolute atomic E-state index is 13.6. The molecule has 0 saturated carbocycles. The molecule has 0 unspecified atom stereocenters. The van der Waals surface area contributed by atoms with Gasteiger partial charge in [0.05, 0.1) is 12.0 Å². The molecule has 5 heteroatoms. The summed E-state index contributed by atoms with van der Waals surface area (Å²) in [6.07, 6.45) is 6.59. The topological polar surface area (TPSA) is 52.6 Å². The van der Waals surface area contributed by atoms with Gasteiger partial charge in [-0.25, -0.2) is 0 Å². The first kappa shape index (κ1) is 26.0. The minimum atomic E-state index is -0.502. The summed E-state index contributed by atoms with van der Waals surface area (Å²) >= 11 is 6.50. The predicted octanol–water partition coefficient (Wildman–Crippen LogP) is 8.09. The fraction of sp³-hybridized carbons (Fsp3) is 0.600. The van der Waals surface area contributed by atoms with Crippen LogP contribution in [0.5, 0.6) is 5.75 Å². The Balaban J connectivity index is 1.84. The lowest BCUT2D eigenvalue weighted by Gasteiger charge is -2.43. The van der Waals surface area contributed by atoms with E-state index in [1.807, 2.05) is 18.2 Å². The molecule has 190 valence electrons. The summed E-state index contributed by atoms with van der Waals surface area (Å²) in [4.78, 5) is 27.2. The summed E-state index contributed by atoms with van der Waals surface area (Å²) in [7, 11) is 0. The molecule has 0 bridgehead atoms. The molecule has 1 aliphatic heterocycles. The number of carbonyl (C=O) groups is 2. The van der Waals surface area contributed by atoms with Gasteiger partial charge in [-0.3, -0.25) is 9.59 Å². The summed E-state index contributed by atoms with van der Waals surface area (Å²) in [5, 5.41) is 0.564. The monoisotopic (exact) mass is 498 g/mol. The zero-order valence-electron chi connectivity index (χ0n) is 22.1. The zero-order valence-corrected chi connectivity index (χ0v) is 22.8. The minimum Gasteiger partial charge on any atom is -0.490 e. The molecule has 0 saturated heterocycles. The quantitative estimate of drug-likeness (QED) is 0.356. The average Bonchev–Trinajstić information content (AvgIpc) is 2.72. The van der Waals surface area contributed by atoms with E-state index in [1.165, 1.54) is 6.42 Å². The Morgan fingerprint density at radius 3 is 2.09 bits per heavy atom. The molecule has 4 rings (SSSR count). The lowest BCUT2D eigenvalue weighted by Crippen LogP contribution is -2.37. The number of unbranched alkanes of at least 4 members (excludes halogenated alkanes) is 2. The van der Waals surface area contributed by atoms with Crippen LogP contribution in [-0.2, 0) is 14.3 Å². The molecular weight excluding hydrogens is 460 g/mol. The summed E-state index contributed by atoms with van der Waals surface area (Å²) in [6.45, 7) is 12.7. The van der Waals surface area contributed by atoms with Crippen LogP contribution in [0, 0.1) is 10.8 Å². The number of ketones is 2. The zero-order chi connectivity index (χ0) is 25.5. The van der Waals surface area contributed by atoms with E-state index in [4.69, 9.17) is 21.1 Å². The van der Waals surface area contributed by atoms with E-state index in [2.05, 4.69) is 41.5 Å². The second-order valence-corrected chi connectivity index (χ2v) is 12.6. The Morgan fingerprint density at radius 2 is 1.54 bits per heavy atom. The van der Waals surface area contributed by atoms with Gasteiger partial charge >= 0.3 is 0 Å². The van der Waals surface area contributed by atoms with Crippen molar-refractivity contribution in [1.29, 1.82) is 0 Å². The molecule has 35 heavy (non-hydrogen) atoms. The number of halogens is 1. The largest absolute Gasteiger partial charge is 0.490 e. The van der Waals surface area contributed by atoms with E-state index < -0.39 is 5.92 Å². The van der Waals surface area contributed by atoms with Crippen LogP contribution in [0.15, 0.2) is 40.9 Å². The standard InChI is InChI=1S/C30H39ClO4/c1-7-8-9-10-18(2)34-23-12-11-19(31)13-20(23)26-27-21(32)14-29(3,4)16-24(27)35-25-17-30(5,6)15-22(33)28(25)26/h11-13,18,26H,7-10,14-17H2,1-6H3/t18-/m0/s1. The molecule has 1 heterocycles. The molecule has 0 N–H and O–H groups in total. The van der Waals surface area contributed by atoms with Crippen molar-refractivity contribution in [3.63, 3.8) is 0 Å². The van der Waals surface area contributed by atoms with E-state index in [9.17, 15) is 9.59 Å². The van der Waals surface area contributed by atoms with Gasteiger partial charge in [-0.1, -0.05) is 59.1 Å². The fourth-order valence-electron chi connectivity index (χ4n) is 5.80. The number of Topliss-reactive ketones (excluding diaryl/α,β-unsaturated/α-hetero) is 2. The van der Waals surface area contributed by atoms with E-state index in [0.717, 1.165) is 24.8 Å². The average molecular weight is 499 g/mol. The van der Waals surface area contributed by atoms with Crippen molar-refractivity contribution in [3.8, 4) is 5.75 Å². The molecule has 0 aromatic heterocycles. The SMILES string of the molecule is CCCCC[C@H](C)Oc1ccc(Cl)cc1C1C2=C(CC(C)(C)CC2=O)OC2=C1C(=O)CC(C)(C)C2. The van der Waals surface area contributed by atoms with Gasteiger partial charge in [0, 0.05) is 47.4 Å². The van der Waals surface area contributed by atoms with Gasteiger partial charge in [0.25, 0.3) is 0 Å². The molecule has 1 aromatic carbocycles. The number of hydrogen-bond acceptors (Lipinski definition) is 4. The van der Waals surface area contributed by atoms with Gasteiger partial charge in [0.15, 0.2) is 11.6 Å². The van der Waals surface area contributed by atoms with Crippen LogP contribution >= 0.6 is 11.6 Å². The third-order valence-corrected chi connectivity index (χ3v) is 7.64. The van der Waals surface area contributed by atoms with Crippen LogP contribution in [-0.4, -0.2) is 17.7 Å². The number of hydrogen-bond donors (Lipinski definition) is 0. The fourth-order valence-corrected chi connectivity index (χ4v) is 5.98. The Labute approximate surface area is 215 Å². The van der Waals surface area contributed by atoms with Crippen LogP contribution in [0.25, 0.3) is 0 Å². The summed E-state index contributed by atoms with van der Waals surface area (Å²) in [6, 6.07) is 5.58. The molecular formula is C30H39ClO4. The highest BCUT2D eigenvalue weighted by Gasteiger charge is 2.48. The number of benzene rings is 1. The van der Waals surface area contributed by atoms with Gasteiger partial charge in [0.2, 0.25) is 0 Å². The van der Waals surface area contributed by atoms with Crippen molar-refractivity contribution < 1.29 is 19.1 Å². The third-order valence-electron chi connectivity index (χ3n) is 7.41. The molecule has 0 fully saturated rings. The van der Waals surface area contributed by atoms with Crippen LogP contribution in [0.2, 0.25) is 5.02 Å².